The van der Waals surface area contributed by atoms with Crippen molar-refractivity contribution in [1.29, 1.82) is 0 Å². The molecule has 5 nitrogen and oxygen atoms in total. The average molecular weight is 490 g/mol. The third-order valence-electron chi connectivity index (χ3n) is 6.55. The lowest BCUT2D eigenvalue weighted by Gasteiger charge is -2.18. The quantitative estimate of drug-likeness (QED) is 0.267. The van der Waals surface area contributed by atoms with E-state index < -0.39 is 0 Å². The maximum Gasteiger partial charge on any atom is 0.267 e. The number of para-hydroxylation sites is 1. The van der Waals surface area contributed by atoms with E-state index in [1.807, 2.05) is 55.5 Å². The molecule has 5 rings (SSSR count). The third-order valence-corrected chi connectivity index (χ3v) is 8.66. The molecule has 0 atom stereocenters. The molecule has 2 aromatic heterocycles. The van der Waals surface area contributed by atoms with Crippen LogP contribution < -0.4 is 10.5 Å². The van der Waals surface area contributed by atoms with Gasteiger partial charge >= 0.3 is 0 Å². The number of carbonyl (C=O) groups excluding carboxylic acids is 1. The molecule has 1 amide bonds. The molecule has 0 saturated heterocycles. The van der Waals surface area contributed by atoms with Crippen LogP contribution in [0.5, 0.6) is 0 Å². The minimum Gasteiger partial charge on any atom is -0.315 e. The Labute approximate surface area is 207 Å². The van der Waals surface area contributed by atoms with Gasteiger partial charge in [0.2, 0.25) is 5.91 Å². The predicted molar refractivity (Wildman–Crippen MR) is 142 cm³/mol. The molecule has 2 heterocycles. The lowest BCUT2D eigenvalue weighted by Crippen LogP contribution is -2.28. The fourth-order valence-corrected chi connectivity index (χ4v) is 6.62. The summed E-state index contributed by atoms with van der Waals surface area (Å²) in [4.78, 5) is 35.5. The number of thiophene rings is 1. The van der Waals surface area contributed by atoms with Crippen molar-refractivity contribution in [2.45, 2.75) is 44.7 Å². The van der Waals surface area contributed by atoms with Crippen molar-refractivity contribution in [3.05, 3.63) is 80.5 Å². The minimum absolute atomic E-state index is 0.0287. The molecule has 0 aliphatic heterocycles. The van der Waals surface area contributed by atoms with Crippen LogP contribution in [0.2, 0.25) is 0 Å². The van der Waals surface area contributed by atoms with E-state index in [0.29, 0.717) is 5.16 Å². The zero-order valence-electron chi connectivity index (χ0n) is 19.6. The molecule has 0 radical (unpaired) electrons. The molecular weight excluding hydrogens is 462 g/mol. The first kappa shape index (κ1) is 22.9. The largest absolute Gasteiger partial charge is 0.315 e. The van der Waals surface area contributed by atoms with Gasteiger partial charge in [0, 0.05) is 17.6 Å². The first-order chi connectivity index (χ1) is 16.4. The van der Waals surface area contributed by atoms with Crippen LogP contribution in [0.4, 0.5) is 5.69 Å². The van der Waals surface area contributed by atoms with Crippen LogP contribution >= 0.6 is 23.1 Å². The number of carbonyl (C=O) groups is 1. The van der Waals surface area contributed by atoms with E-state index in [-0.39, 0.29) is 17.2 Å². The fraction of sp³-hybridized carbons (Fsp3) is 0.296. The summed E-state index contributed by atoms with van der Waals surface area (Å²) in [5, 5.41) is 1.32. The highest BCUT2D eigenvalue weighted by Crippen LogP contribution is 2.35. The van der Waals surface area contributed by atoms with Gasteiger partial charge in [-0.1, -0.05) is 36.0 Å². The van der Waals surface area contributed by atoms with Crippen LogP contribution in [0.3, 0.4) is 0 Å². The predicted octanol–water partition coefficient (Wildman–Crippen LogP) is 5.70. The number of benzene rings is 2. The molecule has 0 spiro atoms. The smallest absolute Gasteiger partial charge is 0.267 e. The molecule has 4 aromatic rings. The molecule has 1 aliphatic rings. The highest BCUT2D eigenvalue weighted by Gasteiger charge is 2.24. The second-order valence-corrected chi connectivity index (χ2v) is 10.8. The van der Waals surface area contributed by atoms with Crippen LogP contribution in [-0.2, 0) is 17.6 Å². The van der Waals surface area contributed by atoms with Crippen LogP contribution in [0.25, 0.3) is 15.9 Å². The standard InChI is InChI=1S/C27H27N3O2S2/c1-17-13-14-20(15-18(17)2)30-26(32)24-21-11-7-8-12-22(21)34-25(24)28-27(30)33-16-23(31)29(3)19-9-5-4-6-10-19/h4-6,9-10,13-15H,7-8,11-12,16H2,1-3H3. The van der Waals surface area contributed by atoms with Crippen molar-refractivity contribution >= 4 is 44.9 Å². The Hall–Kier alpha value is -2.90. The summed E-state index contributed by atoms with van der Waals surface area (Å²) in [6.45, 7) is 4.11. The van der Waals surface area contributed by atoms with Crippen molar-refractivity contribution in [2.24, 2.45) is 0 Å². The van der Waals surface area contributed by atoms with Crippen molar-refractivity contribution in [1.82, 2.24) is 9.55 Å². The molecule has 0 bridgehead atoms. The first-order valence-electron chi connectivity index (χ1n) is 11.5. The van der Waals surface area contributed by atoms with E-state index in [4.69, 9.17) is 4.98 Å². The van der Waals surface area contributed by atoms with E-state index >= 15 is 0 Å². The molecule has 0 saturated carbocycles. The molecule has 174 valence electrons. The molecule has 2 aromatic carbocycles. The number of amides is 1. The highest BCUT2D eigenvalue weighted by molar-refractivity contribution is 7.99. The maximum atomic E-state index is 13.9. The van der Waals surface area contributed by atoms with Crippen LogP contribution in [0.1, 0.15) is 34.4 Å². The van der Waals surface area contributed by atoms with Gasteiger partial charge in [0.1, 0.15) is 4.83 Å². The van der Waals surface area contributed by atoms with Crippen LogP contribution in [0.15, 0.2) is 58.5 Å². The summed E-state index contributed by atoms with van der Waals surface area (Å²) in [7, 11) is 1.78. The number of fused-ring (bicyclic) bond motifs is 3. The number of aryl methyl sites for hydroxylation is 4. The zero-order valence-corrected chi connectivity index (χ0v) is 21.3. The summed E-state index contributed by atoms with van der Waals surface area (Å²) in [5.41, 5.74) is 5.08. The van der Waals surface area contributed by atoms with Crippen LogP contribution in [0, 0.1) is 13.8 Å². The van der Waals surface area contributed by atoms with E-state index in [0.717, 1.165) is 52.8 Å². The van der Waals surface area contributed by atoms with E-state index in [1.165, 1.54) is 27.8 Å². The molecule has 0 N–H and O–H groups in total. The number of hydrogen-bond acceptors (Lipinski definition) is 5. The summed E-state index contributed by atoms with van der Waals surface area (Å²) in [5.74, 6) is 0.155. The number of hydrogen-bond donors (Lipinski definition) is 0. The fourth-order valence-electron chi connectivity index (χ4n) is 4.39. The second kappa shape index (κ2) is 9.39. The minimum atomic E-state index is -0.0392. The normalized spacial score (nSPS) is 13.1. The number of anilines is 1. The number of aromatic nitrogens is 2. The van der Waals surface area contributed by atoms with Gasteiger partial charge in [0.05, 0.1) is 16.8 Å². The number of nitrogens with zero attached hydrogens (tertiary/aromatic N) is 3. The van der Waals surface area contributed by atoms with Gasteiger partial charge in [0.15, 0.2) is 5.16 Å². The molecular formula is C27H27N3O2S2. The highest BCUT2D eigenvalue weighted by atomic mass is 32.2. The Bertz CT molecular complexity index is 1440. The monoisotopic (exact) mass is 489 g/mol. The van der Waals surface area contributed by atoms with Gasteiger partial charge in [0.25, 0.3) is 5.56 Å². The molecule has 0 unspecified atom stereocenters. The topological polar surface area (TPSA) is 55.2 Å². The summed E-state index contributed by atoms with van der Waals surface area (Å²) in [6, 6.07) is 15.6. The summed E-state index contributed by atoms with van der Waals surface area (Å²) in [6.07, 6.45) is 4.22. The molecule has 0 fully saturated rings. The Kier molecular flexibility index (Phi) is 6.32. The zero-order chi connectivity index (χ0) is 23.8. The summed E-state index contributed by atoms with van der Waals surface area (Å²) >= 11 is 2.97. The maximum absolute atomic E-state index is 13.9. The van der Waals surface area contributed by atoms with Gasteiger partial charge in [-0.05, 0) is 80.5 Å². The second-order valence-electron chi connectivity index (χ2n) is 8.77. The van der Waals surface area contributed by atoms with Crippen molar-refractivity contribution in [3.8, 4) is 5.69 Å². The van der Waals surface area contributed by atoms with E-state index in [2.05, 4.69) is 6.92 Å². The number of thioether (sulfide) groups is 1. The molecule has 1 aliphatic carbocycles. The molecule has 7 heteroatoms. The van der Waals surface area contributed by atoms with Crippen molar-refractivity contribution in [3.63, 3.8) is 0 Å². The van der Waals surface area contributed by atoms with Gasteiger partial charge in [-0.2, -0.15) is 0 Å². The van der Waals surface area contributed by atoms with Gasteiger partial charge in [-0.25, -0.2) is 4.98 Å². The third kappa shape index (κ3) is 4.18. The lowest BCUT2D eigenvalue weighted by atomic mass is 9.97. The van der Waals surface area contributed by atoms with Gasteiger partial charge in [-0.15, -0.1) is 11.3 Å². The van der Waals surface area contributed by atoms with E-state index in [1.54, 1.807) is 27.9 Å². The van der Waals surface area contributed by atoms with Gasteiger partial charge < -0.3 is 4.90 Å². The SMILES string of the molecule is Cc1ccc(-n2c(SCC(=O)N(C)c3ccccc3)nc3sc4c(c3c2=O)CCCC4)cc1C. The first-order valence-corrected chi connectivity index (χ1v) is 13.3. The Morgan fingerprint density at radius 1 is 1.09 bits per heavy atom. The van der Waals surface area contributed by atoms with Crippen molar-refractivity contribution in [2.75, 3.05) is 17.7 Å². The van der Waals surface area contributed by atoms with Crippen molar-refractivity contribution < 1.29 is 4.79 Å². The van der Waals surface area contributed by atoms with Gasteiger partial charge in [-0.3, -0.25) is 14.2 Å². The van der Waals surface area contributed by atoms with E-state index in [9.17, 15) is 9.59 Å². The lowest BCUT2D eigenvalue weighted by molar-refractivity contribution is -0.115. The Morgan fingerprint density at radius 3 is 2.62 bits per heavy atom. The molecule has 34 heavy (non-hydrogen) atoms. The Balaban J connectivity index is 1.57. The van der Waals surface area contributed by atoms with Crippen LogP contribution in [-0.4, -0.2) is 28.3 Å². The number of rotatable bonds is 5. The summed E-state index contributed by atoms with van der Waals surface area (Å²) < 4.78 is 1.71. The Morgan fingerprint density at radius 2 is 1.85 bits per heavy atom. The average Bonchev–Trinajstić information content (AvgIpc) is 3.23.